The van der Waals surface area contributed by atoms with Crippen molar-refractivity contribution in [1.29, 1.82) is 0 Å². The normalized spacial score (nSPS) is 18.7. The third-order valence-corrected chi connectivity index (χ3v) is 4.79. The summed E-state index contributed by atoms with van der Waals surface area (Å²) in [4.78, 5) is 10.8. The molecule has 6 heteroatoms. The first-order valence-corrected chi connectivity index (χ1v) is 8.92. The van der Waals surface area contributed by atoms with Gasteiger partial charge in [-0.1, -0.05) is 12.1 Å². The summed E-state index contributed by atoms with van der Waals surface area (Å²) in [5.41, 5.74) is 3.35. The minimum Gasteiger partial charge on any atom is -0.467 e. The molecule has 3 heterocycles. The lowest BCUT2D eigenvalue weighted by Crippen LogP contribution is -2.30. The summed E-state index contributed by atoms with van der Waals surface area (Å²) < 4.78 is 16.4. The van der Waals surface area contributed by atoms with Crippen LogP contribution in [-0.4, -0.2) is 48.3 Å². The van der Waals surface area contributed by atoms with Gasteiger partial charge < -0.3 is 13.9 Å². The van der Waals surface area contributed by atoms with E-state index >= 15 is 0 Å². The molecule has 3 aromatic rings. The number of fused-ring (bicyclic) bond motifs is 1. The minimum atomic E-state index is 0.402. The molecule has 0 aliphatic carbocycles. The Morgan fingerprint density at radius 2 is 2.12 bits per heavy atom. The number of hydrogen-bond donors (Lipinski definition) is 0. The summed E-state index contributed by atoms with van der Waals surface area (Å²) in [6, 6.07) is 8.71. The molecule has 2 aromatic heterocycles. The second kappa shape index (κ2) is 7.85. The Balaban J connectivity index is 1.44. The molecule has 0 saturated carbocycles. The fraction of sp³-hybridized carbons (Fsp3) is 0.400. The molecular weight excluding hydrogens is 330 g/mol. The smallest absolute Gasteiger partial charge is 0.316 e. The zero-order chi connectivity index (χ0) is 17.8. The largest absolute Gasteiger partial charge is 0.467 e. The first kappa shape index (κ1) is 17.0. The van der Waals surface area contributed by atoms with E-state index in [1.54, 1.807) is 13.4 Å². The lowest BCUT2D eigenvalue weighted by molar-refractivity contribution is 0.122. The molecule has 136 valence electrons. The first-order chi connectivity index (χ1) is 12.8. The second-order valence-corrected chi connectivity index (χ2v) is 6.71. The van der Waals surface area contributed by atoms with Gasteiger partial charge in [0.2, 0.25) is 0 Å². The van der Waals surface area contributed by atoms with Crippen molar-refractivity contribution >= 4 is 11.0 Å². The molecule has 0 radical (unpaired) electrons. The minimum absolute atomic E-state index is 0.402. The predicted octanol–water partition coefficient (Wildman–Crippen LogP) is 2.92. The molecule has 0 unspecified atom stereocenters. The van der Waals surface area contributed by atoms with Gasteiger partial charge in [-0.3, -0.25) is 4.90 Å². The molecule has 1 aromatic carbocycles. The number of methoxy groups -OCH3 is 1. The van der Waals surface area contributed by atoms with E-state index in [4.69, 9.17) is 13.9 Å². The summed E-state index contributed by atoms with van der Waals surface area (Å²) in [5.74, 6) is 0.442. The van der Waals surface area contributed by atoms with Gasteiger partial charge in [0.05, 0.1) is 26.6 Å². The Bertz CT molecular complexity index is 847. The van der Waals surface area contributed by atoms with Gasteiger partial charge in [-0.05, 0) is 30.0 Å². The molecule has 1 aliphatic heterocycles. The van der Waals surface area contributed by atoms with Crippen molar-refractivity contribution < 1.29 is 13.9 Å². The molecule has 26 heavy (non-hydrogen) atoms. The van der Waals surface area contributed by atoms with Crippen LogP contribution in [0.3, 0.4) is 0 Å². The zero-order valence-electron chi connectivity index (χ0n) is 14.9. The monoisotopic (exact) mass is 353 g/mol. The highest BCUT2D eigenvalue weighted by Crippen LogP contribution is 2.24. The summed E-state index contributed by atoms with van der Waals surface area (Å²) in [6.45, 7) is 4.26. The molecular formula is C20H23N3O3. The topological polar surface area (TPSA) is 60.6 Å². The maximum absolute atomic E-state index is 5.86. The van der Waals surface area contributed by atoms with Crippen molar-refractivity contribution in [2.45, 2.75) is 13.0 Å². The highest BCUT2D eigenvalue weighted by Gasteiger charge is 2.20. The van der Waals surface area contributed by atoms with Crippen molar-refractivity contribution in [3.8, 4) is 6.01 Å². The van der Waals surface area contributed by atoms with Crippen LogP contribution in [0.5, 0.6) is 6.01 Å². The van der Waals surface area contributed by atoms with E-state index in [-0.39, 0.29) is 0 Å². The molecule has 1 atom stereocenters. The number of aromatic nitrogens is 2. The quantitative estimate of drug-likeness (QED) is 0.703. The highest BCUT2D eigenvalue weighted by atomic mass is 16.5. The van der Waals surface area contributed by atoms with Crippen LogP contribution in [0.25, 0.3) is 11.0 Å². The fourth-order valence-electron chi connectivity index (χ4n) is 3.55. The van der Waals surface area contributed by atoms with Crippen LogP contribution in [-0.2, 0) is 17.7 Å². The van der Waals surface area contributed by atoms with E-state index < -0.39 is 0 Å². The van der Waals surface area contributed by atoms with Gasteiger partial charge in [0.1, 0.15) is 5.58 Å². The zero-order valence-corrected chi connectivity index (χ0v) is 14.9. The van der Waals surface area contributed by atoms with Crippen molar-refractivity contribution in [1.82, 2.24) is 14.9 Å². The molecule has 1 aliphatic rings. The van der Waals surface area contributed by atoms with E-state index in [2.05, 4.69) is 33.1 Å². The van der Waals surface area contributed by atoms with Gasteiger partial charge in [0.15, 0.2) is 0 Å². The van der Waals surface area contributed by atoms with Gasteiger partial charge in [0, 0.05) is 43.0 Å². The Morgan fingerprint density at radius 1 is 1.23 bits per heavy atom. The number of hydrogen-bond acceptors (Lipinski definition) is 6. The number of nitrogens with zero attached hydrogens (tertiary/aromatic N) is 3. The van der Waals surface area contributed by atoms with Gasteiger partial charge >= 0.3 is 6.01 Å². The molecule has 0 spiro atoms. The van der Waals surface area contributed by atoms with Crippen LogP contribution in [0.4, 0.5) is 0 Å². The SMILES string of the molecule is COc1ncc(CN2CCOC[C@@H](Cc3cccc4occc34)C2)cn1. The Hall–Kier alpha value is -2.44. The number of benzene rings is 1. The summed E-state index contributed by atoms with van der Waals surface area (Å²) in [7, 11) is 1.58. The first-order valence-electron chi connectivity index (χ1n) is 8.92. The van der Waals surface area contributed by atoms with Gasteiger partial charge in [-0.2, -0.15) is 0 Å². The van der Waals surface area contributed by atoms with E-state index in [1.807, 2.05) is 18.5 Å². The average molecular weight is 353 g/mol. The predicted molar refractivity (Wildman–Crippen MR) is 98.1 cm³/mol. The van der Waals surface area contributed by atoms with E-state index in [1.165, 1.54) is 10.9 Å². The Kier molecular flexibility index (Phi) is 5.13. The molecule has 1 fully saturated rings. The lowest BCUT2D eigenvalue weighted by atomic mass is 9.97. The molecule has 1 saturated heterocycles. The van der Waals surface area contributed by atoms with Crippen molar-refractivity contribution in [3.63, 3.8) is 0 Å². The van der Waals surface area contributed by atoms with E-state index in [0.717, 1.165) is 50.4 Å². The average Bonchev–Trinajstić information content (AvgIpc) is 3.05. The van der Waals surface area contributed by atoms with Crippen molar-refractivity contribution in [3.05, 3.63) is 54.0 Å². The lowest BCUT2D eigenvalue weighted by Gasteiger charge is -2.23. The third kappa shape index (κ3) is 3.86. The maximum atomic E-state index is 5.86. The summed E-state index contributed by atoms with van der Waals surface area (Å²) in [6.07, 6.45) is 6.40. The highest BCUT2D eigenvalue weighted by molar-refractivity contribution is 5.80. The number of ether oxygens (including phenoxy) is 2. The molecule has 4 rings (SSSR count). The molecule has 0 amide bonds. The summed E-state index contributed by atoms with van der Waals surface area (Å²) >= 11 is 0. The van der Waals surface area contributed by atoms with Crippen LogP contribution >= 0.6 is 0 Å². The van der Waals surface area contributed by atoms with E-state index in [0.29, 0.717) is 11.9 Å². The second-order valence-electron chi connectivity index (χ2n) is 6.71. The van der Waals surface area contributed by atoms with Crippen LogP contribution < -0.4 is 4.74 Å². The number of furan rings is 1. The van der Waals surface area contributed by atoms with Crippen molar-refractivity contribution in [2.24, 2.45) is 5.92 Å². The van der Waals surface area contributed by atoms with Crippen LogP contribution in [0.15, 0.2) is 47.3 Å². The maximum Gasteiger partial charge on any atom is 0.316 e. The molecule has 0 bridgehead atoms. The van der Waals surface area contributed by atoms with Crippen LogP contribution in [0.1, 0.15) is 11.1 Å². The Labute approximate surface area is 152 Å². The standard InChI is InChI=1S/C20H23N3O3/c1-24-20-21-10-16(11-22-20)13-23-6-8-25-14-15(12-23)9-17-3-2-4-19-18(17)5-7-26-19/h2-5,7,10-11,15H,6,8-9,12-14H2,1H3/t15-/m0/s1. The van der Waals surface area contributed by atoms with E-state index in [9.17, 15) is 0 Å². The fourth-order valence-corrected chi connectivity index (χ4v) is 3.55. The van der Waals surface area contributed by atoms with Gasteiger partial charge in [-0.25, -0.2) is 9.97 Å². The third-order valence-electron chi connectivity index (χ3n) is 4.79. The van der Waals surface area contributed by atoms with Crippen LogP contribution in [0.2, 0.25) is 0 Å². The molecule has 0 N–H and O–H groups in total. The molecule has 6 nitrogen and oxygen atoms in total. The van der Waals surface area contributed by atoms with Gasteiger partial charge in [0.25, 0.3) is 0 Å². The number of rotatable bonds is 5. The van der Waals surface area contributed by atoms with Gasteiger partial charge in [-0.15, -0.1) is 0 Å². The summed E-state index contributed by atoms with van der Waals surface area (Å²) in [5, 5.41) is 1.20. The van der Waals surface area contributed by atoms with Crippen LogP contribution in [0, 0.1) is 5.92 Å². The Morgan fingerprint density at radius 3 is 2.96 bits per heavy atom. The van der Waals surface area contributed by atoms with Crippen molar-refractivity contribution in [2.75, 3.05) is 33.4 Å².